The largest absolute Gasteiger partial charge is 0.456 e. The van der Waals surface area contributed by atoms with Crippen LogP contribution in [0.1, 0.15) is 22.9 Å². The van der Waals surface area contributed by atoms with Gasteiger partial charge in [0.2, 0.25) is 0 Å². The summed E-state index contributed by atoms with van der Waals surface area (Å²) in [4.78, 5) is 10.7. The van der Waals surface area contributed by atoms with Crippen molar-refractivity contribution in [3.8, 4) is 22.3 Å². The summed E-state index contributed by atoms with van der Waals surface area (Å²) in [6.45, 7) is 0. The molecule has 11 rings (SSSR count). The number of fused-ring (bicyclic) bond motifs is 7. The van der Waals surface area contributed by atoms with Crippen LogP contribution in [0.25, 0.3) is 76.9 Å². The summed E-state index contributed by atoms with van der Waals surface area (Å²) in [6, 6.07) is 61.1. The Bertz CT molecular complexity index is 3150. The van der Waals surface area contributed by atoms with Crippen LogP contribution < -0.4 is 5.32 Å². The molecule has 2 aromatic heterocycles. The Kier molecular flexibility index (Phi) is 6.85. The minimum Gasteiger partial charge on any atom is -0.456 e. The van der Waals surface area contributed by atoms with E-state index in [9.17, 15) is 0 Å². The van der Waals surface area contributed by atoms with Crippen molar-refractivity contribution in [1.29, 1.82) is 0 Å². The van der Waals surface area contributed by atoms with Crippen LogP contribution in [-0.2, 0) is 0 Å². The summed E-state index contributed by atoms with van der Waals surface area (Å²) >= 11 is 0. The summed E-state index contributed by atoms with van der Waals surface area (Å²) in [7, 11) is 0. The molecule has 1 N–H and O–H groups in total. The first kappa shape index (κ1) is 30.4. The van der Waals surface area contributed by atoms with Crippen molar-refractivity contribution in [2.45, 2.75) is 6.17 Å². The predicted molar refractivity (Wildman–Crippen MR) is 221 cm³/mol. The van der Waals surface area contributed by atoms with Crippen molar-refractivity contribution in [1.82, 2.24) is 5.32 Å². The van der Waals surface area contributed by atoms with Crippen LogP contribution in [0.2, 0.25) is 0 Å². The third-order valence-corrected chi connectivity index (χ3v) is 10.5. The van der Waals surface area contributed by atoms with Gasteiger partial charge in [0, 0.05) is 38.2 Å². The maximum atomic E-state index is 6.51. The molecule has 0 radical (unpaired) electrons. The summed E-state index contributed by atoms with van der Waals surface area (Å²) in [5.74, 6) is 1.49. The van der Waals surface area contributed by atoms with E-state index in [2.05, 4.69) is 133 Å². The van der Waals surface area contributed by atoms with E-state index in [1.807, 2.05) is 48.5 Å². The Labute approximate surface area is 310 Å². The van der Waals surface area contributed by atoms with Crippen LogP contribution in [0.4, 0.5) is 0 Å². The summed E-state index contributed by atoms with van der Waals surface area (Å²) in [5, 5.41) is 10.1. The third-order valence-electron chi connectivity index (χ3n) is 10.5. The second kappa shape index (κ2) is 12.2. The third kappa shape index (κ3) is 5.01. The second-order valence-electron chi connectivity index (χ2n) is 13.8. The van der Waals surface area contributed by atoms with Gasteiger partial charge in [0.25, 0.3) is 0 Å². The van der Waals surface area contributed by atoms with Crippen LogP contribution in [0.3, 0.4) is 0 Å². The van der Waals surface area contributed by atoms with Crippen LogP contribution in [0, 0.1) is 0 Å². The van der Waals surface area contributed by atoms with E-state index < -0.39 is 6.17 Å². The molecule has 1 atom stereocenters. The Morgan fingerprint density at radius 1 is 0.389 bits per heavy atom. The Balaban J connectivity index is 1.10. The number of nitrogens with one attached hydrogen (secondary N) is 1. The maximum absolute atomic E-state index is 6.51. The van der Waals surface area contributed by atoms with Crippen molar-refractivity contribution >= 4 is 66.3 Å². The Hall–Kier alpha value is -7.24. The Morgan fingerprint density at radius 2 is 1.02 bits per heavy atom. The number of amidine groups is 2. The minimum atomic E-state index is -0.550. The van der Waals surface area contributed by atoms with Crippen molar-refractivity contribution < 1.29 is 8.83 Å². The SMILES string of the molecule is c1ccc(-c2cccc(-c3ccc4oc5cccc(C6N=C(c7ccc8ccccc8c7)NC(c7cccc8oc9ccccc9c78)=N6)c5c4c3)c2)cc1. The smallest absolute Gasteiger partial charge is 0.170 e. The molecule has 0 aliphatic carbocycles. The standard InChI is InChI=1S/C49H31N3O2/c1-2-11-30(12-3-1)33-15-8-16-34(27-33)35-25-26-42-40(29-35)46-39(19-10-22-44(46)54-42)49-51-47(36-24-23-31-13-4-5-14-32(31)28-36)50-48(52-49)38-18-9-21-43-45(38)37-17-6-7-20-41(37)53-43/h1-29,49H,(H,50,51,52). The van der Waals surface area contributed by atoms with Gasteiger partial charge in [0.15, 0.2) is 6.17 Å². The van der Waals surface area contributed by atoms with E-state index in [0.717, 1.165) is 88.8 Å². The minimum absolute atomic E-state index is 0.550. The van der Waals surface area contributed by atoms with Crippen LogP contribution in [0.5, 0.6) is 0 Å². The fraction of sp³-hybridized carbons (Fsp3) is 0.0204. The molecule has 10 aromatic rings. The highest BCUT2D eigenvalue weighted by atomic mass is 16.3. The van der Waals surface area contributed by atoms with Gasteiger partial charge < -0.3 is 14.2 Å². The first-order valence-electron chi connectivity index (χ1n) is 18.2. The van der Waals surface area contributed by atoms with Crippen molar-refractivity contribution in [2.75, 3.05) is 0 Å². The van der Waals surface area contributed by atoms with Crippen LogP contribution >= 0.6 is 0 Å². The Morgan fingerprint density at radius 3 is 1.91 bits per heavy atom. The fourth-order valence-electron chi connectivity index (χ4n) is 7.94. The first-order valence-corrected chi connectivity index (χ1v) is 18.2. The van der Waals surface area contributed by atoms with E-state index in [1.54, 1.807) is 0 Å². The predicted octanol–water partition coefficient (Wildman–Crippen LogP) is 12.5. The molecule has 1 unspecified atom stereocenters. The van der Waals surface area contributed by atoms with E-state index >= 15 is 0 Å². The molecule has 8 aromatic carbocycles. The van der Waals surface area contributed by atoms with E-state index in [1.165, 1.54) is 16.5 Å². The van der Waals surface area contributed by atoms with Gasteiger partial charge in [-0.15, -0.1) is 0 Å². The van der Waals surface area contributed by atoms with Crippen LogP contribution in [-0.4, -0.2) is 11.7 Å². The van der Waals surface area contributed by atoms with Gasteiger partial charge in [-0.3, -0.25) is 0 Å². The molecule has 0 amide bonds. The highest BCUT2D eigenvalue weighted by Gasteiger charge is 2.26. The number of rotatable bonds is 5. The molecular formula is C49H31N3O2. The summed E-state index contributed by atoms with van der Waals surface area (Å²) in [6.07, 6.45) is -0.550. The van der Waals surface area contributed by atoms with Gasteiger partial charge in [-0.2, -0.15) is 0 Å². The molecule has 5 heteroatoms. The number of aliphatic imine (C=N–C) groups is 2. The van der Waals surface area contributed by atoms with Crippen molar-refractivity contribution in [3.05, 3.63) is 193 Å². The van der Waals surface area contributed by atoms with Gasteiger partial charge in [0.1, 0.15) is 34.0 Å². The van der Waals surface area contributed by atoms with Gasteiger partial charge in [0.05, 0.1) is 0 Å². The van der Waals surface area contributed by atoms with Gasteiger partial charge >= 0.3 is 0 Å². The molecule has 3 heterocycles. The van der Waals surface area contributed by atoms with E-state index in [-0.39, 0.29) is 0 Å². The number of hydrogen-bond acceptors (Lipinski definition) is 5. The zero-order valence-electron chi connectivity index (χ0n) is 29.0. The average Bonchev–Trinajstić information content (AvgIpc) is 3.82. The lowest BCUT2D eigenvalue weighted by atomic mass is 9.97. The lowest BCUT2D eigenvalue weighted by Crippen LogP contribution is -2.36. The number of para-hydroxylation sites is 1. The van der Waals surface area contributed by atoms with E-state index in [4.69, 9.17) is 18.8 Å². The van der Waals surface area contributed by atoms with Gasteiger partial charge in [-0.25, -0.2) is 9.98 Å². The van der Waals surface area contributed by atoms with E-state index in [0.29, 0.717) is 0 Å². The molecule has 5 nitrogen and oxygen atoms in total. The molecule has 0 spiro atoms. The maximum Gasteiger partial charge on any atom is 0.170 e. The number of hydrogen-bond donors (Lipinski definition) is 1. The van der Waals surface area contributed by atoms with Crippen LogP contribution in [0.15, 0.2) is 195 Å². The summed E-state index contributed by atoms with van der Waals surface area (Å²) in [5.41, 5.74) is 10.8. The quantitative estimate of drug-likeness (QED) is 0.195. The molecule has 1 aliphatic heterocycles. The highest BCUT2D eigenvalue weighted by Crippen LogP contribution is 2.40. The zero-order chi connectivity index (χ0) is 35.6. The highest BCUT2D eigenvalue weighted by molar-refractivity contribution is 6.24. The number of nitrogens with zero attached hydrogens (tertiary/aromatic N) is 2. The summed E-state index contributed by atoms with van der Waals surface area (Å²) < 4.78 is 12.8. The second-order valence-corrected chi connectivity index (χ2v) is 13.8. The molecule has 1 aliphatic rings. The first-order chi connectivity index (χ1) is 26.7. The molecular weight excluding hydrogens is 663 g/mol. The lowest BCUT2D eigenvalue weighted by molar-refractivity contribution is 0.667. The van der Waals surface area contributed by atoms with Gasteiger partial charge in [-0.1, -0.05) is 133 Å². The monoisotopic (exact) mass is 693 g/mol. The van der Waals surface area contributed by atoms with Gasteiger partial charge in [-0.05, 0) is 75.5 Å². The molecule has 0 fully saturated rings. The van der Waals surface area contributed by atoms with Crippen molar-refractivity contribution in [2.24, 2.45) is 9.98 Å². The topological polar surface area (TPSA) is 63.0 Å². The van der Waals surface area contributed by atoms with Crippen molar-refractivity contribution in [3.63, 3.8) is 0 Å². The molecule has 0 saturated heterocycles. The normalized spacial score (nSPS) is 14.5. The molecule has 0 saturated carbocycles. The number of benzene rings is 8. The zero-order valence-corrected chi connectivity index (χ0v) is 29.0. The average molecular weight is 694 g/mol. The molecule has 54 heavy (non-hydrogen) atoms. The fourth-order valence-corrected chi connectivity index (χ4v) is 7.94. The number of furan rings is 2. The molecule has 254 valence electrons. The molecule has 0 bridgehead atoms. The lowest BCUT2D eigenvalue weighted by Gasteiger charge is -2.23.